The number of carbonyl (C=O) groups is 2. The van der Waals surface area contributed by atoms with E-state index in [1.165, 1.54) is 0 Å². The Bertz CT molecular complexity index is 840. The summed E-state index contributed by atoms with van der Waals surface area (Å²) in [5.74, 6) is 0.0631. The van der Waals surface area contributed by atoms with Gasteiger partial charge >= 0.3 is 0 Å². The maximum Gasteiger partial charge on any atom is 0.229 e. The van der Waals surface area contributed by atoms with E-state index >= 15 is 0 Å². The highest BCUT2D eigenvalue weighted by atomic mass is 16.5. The van der Waals surface area contributed by atoms with Crippen molar-refractivity contribution in [3.63, 3.8) is 0 Å². The first-order valence-electron chi connectivity index (χ1n) is 9.86. The third-order valence-corrected chi connectivity index (χ3v) is 5.53. The first-order valence-corrected chi connectivity index (χ1v) is 9.86. The van der Waals surface area contributed by atoms with E-state index in [0.29, 0.717) is 18.2 Å². The lowest BCUT2D eigenvalue weighted by atomic mass is 10.0. The van der Waals surface area contributed by atoms with E-state index in [1.807, 2.05) is 42.1 Å². The molecule has 1 atom stereocenters. The number of aryl methyl sites for hydroxylation is 1. The Kier molecular flexibility index (Phi) is 5.43. The maximum atomic E-state index is 12.6. The number of anilines is 2. The summed E-state index contributed by atoms with van der Waals surface area (Å²) in [4.78, 5) is 26.7. The molecule has 0 aliphatic carbocycles. The topological polar surface area (TPSA) is 76.5 Å². The summed E-state index contributed by atoms with van der Waals surface area (Å²) in [6.07, 6.45) is 5.85. The van der Waals surface area contributed by atoms with Crippen molar-refractivity contribution in [2.45, 2.75) is 32.7 Å². The molecule has 0 bridgehead atoms. The van der Waals surface area contributed by atoms with Crippen LogP contribution in [0, 0.1) is 18.8 Å². The Morgan fingerprint density at radius 2 is 2.00 bits per heavy atom. The molecule has 2 fully saturated rings. The van der Waals surface area contributed by atoms with Gasteiger partial charge in [0, 0.05) is 44.6 Å². The Balaban J connectivity index is 1.34. The number of nitrogens with one attached hydrogen (secondary N) is 1. The summed E-state index contributed by atoms with van der Waals surface area (Å²) in [5.41, 5.74) is 2.66. The van der Waals surface area contributed by atoms with Crippen LogP contribution in [0.2, 0.25) is 0 Å². The standard InChI is InChI=1S/C21H26N4O3/c1-15-2-4-19(5-3-15)25-13-17(10-20(25)26)21(27)23-18-11-22-24(14-18)12-16-6-8-28-9-7-16/h2-5,11,14,16-17H,6-10,12-13H2,1H3,(H,23,27). The third-order valence-electron chi connectivity index (χ3n) is 5.53. The molecule has 3 heterocycles. The zero-order valence-electron chi connectivity index (χ0n) is 16.1. The molecule has 148 valence electrons. The number of hydrogen-bond donors (Lipinski definition) is 1. The fraction of sp³-hybridized carbons (Fsp3) is 0.476. The van der Waals surface area contributed by atoms with E-state index in [2.05, 4.69) is 10.4 Å². The minimum Gasteiger partial charge on any atom is -0.381 e. The van der Waals surface area contributed by atoms with Gasteiger partial charge in [0.05, 0.1) is 17.8 Å². The van der Waals surface area contributed by atoms with Gasteiger partial charge in [-0.1, -0.05) is 17.7 Å². The van der Waals surface area contributed by atoms with Crippen LogP contribution < -0.4 is 10.2 Å². The highest BCUT2D eigenvalue weighted by Crippen LogP contribution is 2.26. The predicted octanol–water partition coefficient (Wildman–Crippen LogP) is 2.61. The van der Waals surface area contributed by atoms with Crippen LogP contribution in [0.5, 0.6) is 0 Å². The van der Waals surface area contributed by atoms with Crippen molar-refractivity contribution in [2.24, 2.45) is 11.8 Å². The van der Waals surface area contributed by atoms with Gasteiger partial charge in [-0.15, -0.1) is 0 Å². The number of benzene rings is 1. The highest BCUT2D eigenvalue weighted by Gasteiger charge is 2.35. The molecule has 4 rings (SSSR count). The fourth-order valence-electron chi connectivity index (χ4n) is 3.82. The van der Waals surface area contributed by atoms with Crippen molar-refractivity contribution >= 4 is 23.2 Å². The second-order valence-electron chi connectivity index (χ2n) is 7.74. The van der Waals surface area contributed by atoms with Crippen molar-refractivity contribution in [1.82, 2.24) is 9.78 Å². The second kappa shape index (κ2) is 8.14. The lowest BCUT2D eigenvalue weighted by Gasteiger charge is -2.21. The van der Waals surface area contributed by atoms with E-state index < -0.39 is 0 Å². The SMILES string of the molecule is Cc1ccc(N2CC(C(=O)Nc3cnn(CC4CCOCC4)c3)CC2=O)cc1. The second-order valence-corrected chi connectivity index (χ2v) is 7.74. The van der Waals surface area contributed by atoms with Crippen LogP contribution in [-0.4, -0.2) is 41.4 Å². The summed E-state index contributed by atoms with van der Waals surface area (Å²) in [7, 11) is 0. The van der Waals surface area contributed by atoms with Crippen LogP contribution >= 0.6 is 0 Å². The maximum absolute atomic E-state index is 12.6. The van der Waals surface area contributed by atoms with Crippen LogP contribution in [0.4, 0.5) is 11.4 Å². The van der Waals surface area contributed by atoms with Gasteiger partial charge in [-0.05, 0) is 37.8 Å². The van der Waals surface area contributed by atoms with Gasteiger partial charge in [-0.25, -0.2) is 0 Å². The van der Waals surface area contributed by atoms with Crippen LogP contribution in [-0.2, 0) is 20.9 Å². The highest BCUT2D eigenvalue weighted by molar-refractivity contribution is 6.03. The summed E-state index contributed by atoms with van der Waals surface area (Å²) < 4.78 is 7.27. The largest absolute Gasteiger partial charge is 0.381 e. The zero-order valence-corrected chi connectivity index (χ0v) is 16.1. The van der Waals surface area contributed by atoms with Gasteiger partial charge in [0.15, 0.2) is 0 Å². The van der Waals surface area contributed by atoms with Crippen LogP contribution in [0.15, 0.2) is 36.7 Å². The van der Waals surface area contributed by atoms with E-state index in [4.69, 9.17) is 4.74 Å². The number of amides is 2. The molecule has 1 aromatic heterocycles. The Hall–Kier alpha value is -2.67. The Labute approximate surface area is 164 Å². The van der Waals surface area contributed by atoms with Crippen molar-refractivity contribution in [3.8, 4) is 0 Å². The number of hydrogen-bond acceptors (Lipinski definition) is 4. The molecule has 2 amide bonds. The van der Waals surface area contributed by atoms with E-state index in [0.717, 1.165) is 43.9 Å². The molecule has 2 saturated heterocycles. The lowest BCUT2D eigenvalue weighted by molar-refractivity contribution is -0.122. The third kappa shape index (κ3) is 4.25. The van der Waals surface area contributed by atoms with Gasteiger partial charge < -0.3 is 15.0 Å². The summed E-state index contributed by atoms with van der Waals surface area (Å²) >= 11 is 0. The van der Waals surface area contributed by atoms with Crippen LogP contribution in [0.3, 0.4) is 0 Å². The van der Waals surface area contributed by atoms with E-state index in [9.17, 15) is 9.59 Å². The molecule has 2 aliphatic heterocycles. The first kappa shape index (κ1) is 18.7. The molecule has 7 heteroatoms. The molecule has 2 aliphatic rings. The summed E-state index contributed by atoms with van der Waals surface area (Å²) in [6.45, 7) is 4.87. The van der Waals surface area contributed by atoms with E-state index in [-0.39, 0.29) is 24.2 Å². The van der Waals surface area contributed by atoms with Crippen LogP contribution in [0.25, 0.3) is 0 Å². The van der Waals surface area contributed by atoms with Crippen molar-refractivity contribution in [1.29, 1.82) is 0 Å². The normalized spacial score (nSPS) is 20.5. The number of aromatic nitrogens is 2. The summed E-state index contributed by atoms with van der Waals surface area (Å²) in [6, 6.07) is 7.80. The average Bonchev–Trinajstić information content (AvgIpc) is 3.30. The monoisotopic (exact) mass is 382 g/mol. The van der Waals surface area contributed by atoms with Crippen molar-refractivity contribution < 1.29 is 14.3 Å². The van der Waals surface area contributed by atoms with Crippen LogP contribution in [0.1, 0.15) is 24.8 Å². The van der Waals surface area contributed by atoms with Gasteiger partial charge in [-0.3, -0.25) is 14.3 Å². The molecular weight excluding hydrogens is 356 g/mol. The minimum atomic E-state index is -0.354. The Morgan fingerprint density at radius 1 is 1.25 bits per heavy atom. The minimum absolute atomic E-state index is 0.0146. The van der Waals surface area contributed by atoms with Crippen molar-refractivity contribution in [3.05, 3.63) is 42.2 Å². The molecule has 1 aromatic carbocycles. The van der Waals surface area contributed by atoms with Gasteiger partial charge in [0.25, 0.3) is 0 Å². The number of carbonyl (C=O) groups excluding carboxylic acids is 2. The van der Waals surface area contributed by atoms with Gasteiger partial charge in [-0.2, -0.15) is 5.10 Å². The molecule has 7 nitrogen and oxygen atoms in total. The molecule has 0 spiro atoms. The fourth-order valence-corrected chi connectivity index (χ4v) is 3.82. The number of rotatable bonds is 5. The molecule has 1 unspecified atom stereocenters. The summed E-state index contributed by atoms with van der Waals surface area (Å²) in [5, 5.41) is 7.28. The number of ether oxygens (including phenoxy) is 1. The molecule has 0 saturated carbocycles. The quantitative estimate of drug-likeness (QED) is 0.862. The molecular formula is C21H26N4O3. The van der Waals surface area contributed by atoms with E-state index in [1.54, 1.807) is 11.1 Å². The lowest BCUT2D eigenvalue weighted by Crippen LogP contribution is -2.28. The smallest absolute Gasteiger partial charge is 0.229 e. The van der Waals surface area contributed by atoms with Gasteiger partial charge in [0.1, 0.15) is 0 Å². The number of nitrogens with zero attached hydrogens (tertiary/aromatic N) is 3. The predicted molar refractivity (Wildman–Crippen MR) is 106 cm³/mol. The molecule has 28 heavy (non-hydrogen) atoms. The zero-order chi connectivity index (χ0) is 19.5. The average molecular weight is 382 g/mol. The van der Waals surface area contributed by atoms with Crippen molar-refractivity contribution in [2.75, 3.05) is 30.0 Å². The Morgan fingerprint density at radius 3 is 2.75 bits per heavy atom. The van der Waals surface area contributed by atoms with Gasteiger partial charge in [0.2, 0.25) is 11.8 Å². The molecule has 1 N–H and O–H groups in total. The molecule has 2 aromatic rings. The molecule has 0 radical (unpaired) electrons. The first-order chi connectivity index (χ1) is 13.6.